The number of pyridine rings is 1. The van der Waals surface area contributed by atoms with E-state index in [1.807, 2.05) is 6.07 Å². The number of nitrogens with one attached hydrogen (secondary N) is 1. The van der Waals surface area contributed by atoms with Gasteiger partial charge >= 0.3 is 0 Å². The van der Waals surface area contributed by atoms with Crippen LogP contribution in [0.25, 0.3) is 10.6 Å². The van der Waals surface area contributed by atoms with Gasteiger partial charge in [0, 0.05) is 29.4 Å². The Hall–Kier alpha value is -2.23. The first-order valence-electron chi connectivity index (χ1n) is 7.19. The number of aryl methyl sites for hydroxylation is 1. The smallest absolute Gasteiger partial charge is 0.246 e. The fourth-order valence-corrected chi connectivity index (χ4v) is 4.39. The molecule has 5 nitrogen and oxygen atoms in total. The molecule has 0 aliphatic carbocycles. The first kappa shape index (κ1) is 17.6. The molecule has 1 N–H and O–H groups in total. The fraction of sp³-hybridized carbons (Fsp3) is 0.125. The average Bonchev–Trinajstić information content (AvgIpc) is 2.94. The van der Waals surface area contributed by atoms with Crippen molar-refractivity contribution in [3.05, 3.63) is 64.9 Å². The second-order valence-corrected chi connectivity index (χ2v) is 7.93. The number of aromatic nitrogens is 2. The summed E-state index contributed by atoms with van der Waals surface area (Å²) in [6, 6.07) is 6.52. The van der Waals surface area contributed by atoms with Crippen LogP contribution in [-0.2, 0) is 16.6 Å². The minimum absolute atomic E-state index is 0.111. The lowest BCUT2D eigenvalue weighted by Crippen LogP contribution is -2.25. The molecular weight excluding hydrogens is 368 g/mol. The lowest BCUT2D eigenvalue weighted by molar-refractivity contribution is 0.514. The van der Waals surface area contributed by atoms with E-state index in [0.29, 0.717) is 15.6 Å². The zero-order chi connectivity index (χ0) is 18.0. The van der Waals surface area contributed by atoms with Crippen LogP contribution in [0.5, 0.6) is 0 Å². The summed E-state index contributed by atoms with van der Waals surface area (Å²) in [6.45, 7) is 1.63. The molecule has 0 radical (unpaired) electrons. The topological polar surface area (TPSA) is 72.0 Å². The summed E-state index contributed by atoms with van der Waals surface area (Å²) in [7, 11) is -4.33. The van der Waals surface area contributed by atoms with Crippen molar-refractivity contribution < 1.29 is 17.2 Å². The fourth-order valence-electron chi connectivity index (χ4n) is 2.18. The predicted octanol–water partition coefficient (Wildman–Crippen LogP) is 3.27. The van der Waals surface area contributed by atoms with Gasteiger partial charge in [0.15, 0.2) is 4.90 Å². The van der Waals surface area contributed by atoms with E-state index in [2.05, 4.69) is 14.7 Å². The molecule has 3 rings (SSSR count). The van der Waals surface area contributed by atoms with Gasteiger partial charge in [-0.15, -0.1) is 11.3 Å². The highest BCUT2D eigenvalue weighted by molar-refractivity contribution is 7.89. The van der Waals surface area contributed by atoms with Crippen LogP contribution in [0.4, 0.5) is 8.78 Å². The number of sulfonamides is 1. The Balaban J connectivity index is 1.83. The highest BCUT2D eigenvalue weighted by Gasteiger charge is 2.24. The molecular formula is C16H13F2N3O2S2. The van der Waals surface area contributed by atoms with Crippen molar-refractivity contribution in [2.75, 3.05) is 0 Å². The van der Waals surface area contributed by atoms with Crippen LogP contribution in [0, 0.1) is 18.6 Å². The molecule has 3 aromatic rings. The van der Waals surface area contributed by atoms with Crippen molar-refractivity contribution in [3.8, 4) is 10.6 Å². The van der Waals surface area contributed by atoms with Gasteiger partial charge in [-0.2, -0.15) is 0 Å². The van der Waals surface area contributed by atoms with Crippen LogP contribution in [0.1, 0.15) is 10.6 Å². The van der Waals surface area contributed by atoms with Gasteiger partial charge in [-0.05, 0) is 31.2 Å². The van der Waals surface area contributed by atoms with Gasteiger partial charge in [-0.3, -0.25) is 4.98 Å². The standard InChI is InChI=1S/C16H13F2N3O2S2/c1-10-14(24-16(21-10)11-4-3-7-19-8-11)9-20-25(22,23)15-12(17)5-2-6-13(15)18/h2-8,20H,9H2,1H3. The number of halogens is 2. The van der Waals surface area contributed by atoms with Crippen LogP contribution in [-0.4, -0.2) is 18.4 Å². The van der Waals surface area contributed by atoms with E-state index in [1.165, 1.54) is 11.3 Å². The molecule has 0 amide bonds. The Morgan fingerprint density at radius 2 is 1.88 bits per heavy atom. The molecule has 0 bridgehead atoms. The molecule has 2 heterocycles. The van der Waals surface area contributed by atoms with Crippen molar-refractivity contribution in [2.45, 2.75) is 18.4 Å². The SMILES string of the molecule is Cc1nc(-c2cccnc2)sc1CNS(=O)(=O)c1c(F)cccc1F. The summed E-state index contributed by atoms with van der Waals surface area (Å²) in [5.74, 6) is -2.27. The summed E-state index contributed by atoms with van der Waals surface area (Å²) in [5.41, 5.74) is 1.45. The van der Waals surface area contributed by atoms with E-state index in [0.717, 1.165) is 23.8 Å². The van der Waals surface area contributed by atoms with Gasteiger partial charge in [0.05, 0.1) is 5.69 Å². The number of hydrogen-bond acceptors (Lipinski definition) is 5. The quantitative estimate of drug-likeness (QED) is 0.736. The molecule has 0 atom stereocenters. The normalized spacial score (nSPS) is 11.6. The number of thiazole rings is 1. The number of hydrogen-bond donors (Lipinski definition) is 1. The third-order valence-corrected chi connectivity index (χ3v) is 6.07. The van der Waals surface area contributed by atoms with Crippen LogP contribution < -0.4 is 4.72 Å². The minimum Gasteiger partial charge on any atom is -0.264 e. The van der Waals surface area contributed by atoms with Gasteiger partial charge in [0.25, 0.3) is 0 Å². The molecule has 2 aromatic heterocycles. The molecule has 0 unspecified atom stereocenters. The van der Waals surface area contributed by atoms with Crippen molar-refractivity contribution in [3.63, 3.8) is 0 Å². The summed E-state index contributed by atoms with van der Waals surface area (Å²) in [5, 5.41) is 0.692. The molecule has 1 aromatic carbocycles. The van der Waals surface area contributed by atoms with Crippen LogP contribution >= 0.6 is 11.3 Å². The lowest BCUT2D eigenvalue weighted by atomic mass is 10.3. The van der Waals surface area contributed by atoms with Gasteiger partial charge in [-0.25, -0.2) is 26.9 Å². The maximum atomic E-state index is 13.7. The van der Waals surface area contributed by atoms with Crippen LogP contribution in [0.2, 0.25) is 0 Å². The van der Waals surface area contributed by atoms with Gasteiger partial charge in [-0.1, -0.05) is 6.07 Å². The second kappa shape index (κ2) is 6.95. The number of nitrogens with zero attached hydrogens (tertiary/aromatic N) is 2. The molecule has 25 heavy (non-hydrogen) atoms. The van der Waals surface area contributed by atoms with E-state index in [4.69, 9.17) is 0 Å². The predicted molar refractivity (Wildman–Crippen MR) is 90.5 cm³/mol. The monoisotopic (exact) mass is 381 g/mol. The number of rotatable bonds is 5. The van der Waals surface area contributed by atoms with Crippen molar-refractivity contribution in [2.24, 2.45) is 0 Å². The van der Waals surface area contributed by atoms with Crippen LogP contribution in [0.15, 0.2) is 47.6 Å². The summed E-state index contributed by atoms with van der Waals surface area (Å²) in [6.07, 6.45) is 3.29. The highest BCUT2D eigenvalue weighted by Crippen LogP contribution is 2.27. The van der Waals surface area contributed by atoms with Gasteiger partial charge in [0.2, 0.25) is 10.0 Å². The molecule has 0 saturated carbocycles. The Morgan fingerprint density at radius 1 is 1.16 bits per heavy atom. The minimum atomic E-state index is -4.33. The van der Waals surface area contributed by atoms with E-state index >= 15 is 0 Å². The second-order valence-electron chi connectivity index (χ2n) is 5.14. The van der Waals surface area contributed by atoms with E-state index in [-0.39, 0.29) is 6.54 Å². The Morgan fingerprint density at radius 3 is 2.52 bits per heavy atom. The van der Waals surface area contributed by atoms with E-state index in [1.54, 1.807) is 25.4 Å². The van der Waals surface area contributed by atoms with E-state index in [9.17, 15) is 17.2 Å². The molecule has 130 valence electrons. The van der Waals surface area contributed by atoms with Crippen molar-refractivity contribution in [1.82, 2.24) is 14.7 Å². The zero-order valence-corrected chi connectivity index (χ0v) is 14.7. The Kier molecular flexibility index (Phi) is 4.89. The van der Waals surface area contributed by atoms with Crippen molar-refractivity contribution in [1.29, 1.82) is 0 Å². The molecule has 9 heteroatoms. The highest BCUT2D eigenvalue weighted by atomic mass is 32.2. The third-order valence-electron chi connectivity index (χ3n) is 3.41. The summed E-state index contributed by atoms with van der Waals surface area (Å²) >= 11 is 1.29. The zero-order valence-electron chi connectivity index (χ0n) is 13.0. The summed E-state index contributed by atoms with van der Waals surface area (Å²) < 4.78 is 54.1. The number of benzene rings is 1. The summed E-state index contributed by atoms with van der Waals surface area (Å²) in [4.78, 5) is 8.07. The molecule has 0 spiro atoms. The van der Waals surface area contributed by atoms with Gasteiger partial charge < -0.3 is 0 Å². The maximum absolute atomic E-state index is 13.7. The first-order valence-corrected chi connectivity index (χ1v) is 9.49. The van der Waals surface area contributed by atoms with Gasteiger partial charge in [0.1, 0.15) is 16.6 Å². The van der Waals surface area contributed by atoms with Crippen LogP contribution in [0.3, 0.4) is 0 Å². The lowest BCUT2D eigenvalue weighted by Gasteiger charge is -2.07. The Bertz CT molecular complexity index is 985. The molecule has 0 saturated heterocycles. The average molecular weight is 381 g/mol. The molecule has 0 aliphatic heterocycles. The van der Waals surface area contributed by atoms with Crippen molar-refractivity contribution >= 4 is 21.4 Å². The molecule has 0 fully saturated rings. The maximum Gasteiger partial charge on any atom is 0.246 e. The van der Waals surface area contributed by atoms with E-state index < -0.39 is 26.6 Å². The largest absolute Gasteiger partial charge is 0.264 e. The third kappa shape index (κ3) is 3.73. The first-order chi connectivity index (χ1) is 11.9. The molecule has 0 aliphatic rings. The Labute approximate surface area is 147 Å².